The van der Waals surface area contributed by atoms with Gasteiger partial charge in [0, 0.05) is 18.8 Å². The molecule has 0 unspecified atom stereocenters. The summed E-state index contributed by atoms with van der Waals surface area (Å²) in [6, 6.07) is 7.04. The Morgan fingerprint density at radius 3 is 2.60 bits per heavy atom. The van der Waals surface area contributed by atoms with Crippen LogP contribution in [-0.4, -0.2) is 43.6 Å². The lowest BCUT2D eigenvalue weighted by molar-refractivity contribution is -0.0388. The molecule has 0 atom stereocenters. The van der Waals surface area contributed by atoms with Crippen LogP contribution < -0.4 is 10.5 Å². The highest BCUT2D eigenvalue weighted by atomic mass is 16.5. The van der Waals surface area contributed by atoms with Gasteiger partial charge in [-0.15, -0.1) is 0 Å². The Labute approximate surface area is 118 Å². The van der Waals surface area contributed by atoms with E-state index in [-0.39, 0.29) is 11.9 Å². The summed E-state index contributed by atoms with van der Waals surface area (Å²) in [5.74, 6) is 0.814. The Morgan fingerprint density at radius 2 is 1.95 bits per heavy atom. The summed E-state index contributed by atoms with van der Waals surface area (Å²) >= 11 is 0. The number of benzene rings is 1. The number of nitrogens with two attached hydrogens (primary N) is 1. The van der Waals surface area contributed by atoms with Gasteiger partial charge in [0.05, 0.1) is 12.7 Å². The average molecular weight is 280 g/mol. The van der Waals surface area contributed by atoms with Crippen molar-refractivity contribution >= 4 is 5.84 Å². The Balaban J connectivity index is 1.68. The van der Waals surface area contributed by atoms with E-state index in [1.165, 1.54) is 0 Å². The molecule has 0 spiro atoms. The fraction of sp³-hybridized carbons (Fsp3) is 0.500. The molecule has 0 aliphatic carbocycles. The van der Waals surface area contributed by atoms with Crippen molar-refractivity contribution in [1.29, 1.82) is 0 Å². The monoisotopic (exact) mass is 280 g/mol. The molecule has 0 bridgehead atoms. The summed E-state index contributed by atoms with van der Waals surface area (Å²) < 4.78 is 16.5. The van der Waals surface area contributed by atoms with Gasteiger partial charge in [0.2, 0.25) is 0 Å². The smallest absolute Gasteiger partial charge is 0.170 e. The number of ether oxygens (including phenoxy) is 3. The van der Waals surface area contributed by atoms with Crippen molar-refractivity contribution in [2.24, 2.45) is 10.9 Å². The van der Waals surface area contributed by atoms with E-state index in [1.807, 2.05) is 0 Å². The van der Waals surface area contributed by atoms with Gasteiger partial charge in [0.1, 0.15) is 12.4 Å². The molecular formula is C14H20N2O4. The maximum absolute atomic E-state index is 8.56. The molecule has 2 rings (SSSR count). The lowest BCUT2D eigenvalue weighted by Crippen LogP contribution is -2.25. The van der Waals surface area contributed by atoms with Crippen LogP contribution >= 0.6 is 0 Å². The van der Waals surface area contributed by atoms with Crippen molar-refractivity contribution < 1.29 is 19.4 Å². The molecule has 0 amide bonds. The van der Waals surface area contributed by atoms with Crippen molar-refractivity contribution in [1.82, 2.24) is 0 Å². The van der Waals surface area contributed by atoms with Crippen LogP contribution in [-0.2, 0) is 9.47 Å². The number of oxime groups is 1. The molecule has 1 heterocycles. The Kier molecular flexibility index (Phi) is 5.64. The largest absolute Gasteiger partial charge is 0.491 e. The zero-order chi connectivity index (χ0) is 14.2. The van der Waals surface area contributed by atoms with Gasteiger partial charge in [-0.05, 0) is 37.1 Å². The van der Waals surface area contributed by atoms with Crippen molar-refractivity contribution in [2.45, 2.75) is 18.9 Å². The Morgan fingerprint density at radius 1 is 1.25 bits per heavy atom. The van der Waals surface area contributed by atoms with Crippen LogP contribution in [0.2, 0.25) is 0 Å². The van der Waals surface area contributed by atoms with Gasteiger partial charge < -0.3 is 25.2 Å². The maximum Gasteiger partial charge on any atom is 0.170 e. The van der Waals surface area contributed by atoms with E-state index in [1.54, 1.807) is 24.3 Å². The van der Waals surface area contributed by atoms with E-state index in [0.29, 0.717) is 18.8 Å². The van der Waals surface area contributed by atoms with E-state index in [2.05, 4.69) is 5.16 Å². The Bertz CT molecular complexity index is 427. The molecule has 1 aromatic rings. The van der Waals surface area contributed by atoms with Crippen LogP contribution in [0.4, 0.5) is 0 Å². The molecule has 0 saturated carbocycles. The van der Waals surface area contributed by atoms with Gasteiger partial charge in [0.15, 0.2) is 5.84 Å². The third-order valence-corrected chi connectivity index (χ3v) is 3.13. The molecule has 1 aliphatic heterocycles. The highest BCUT2D eigenvalue weighted by molar-refractivity contribution is 5.97. The van der Waals surface area contributed by atoms with E-state index in [0.717, 1.165) is 31.8 Å². The predicted molar refractivity (Wildman–Crippen MR) is 74.2 cm³/mol. The van der Waals surface area contributed by atoms with Crippen LogP contribution in [0.15, 0.2) is 29.4 Å². The van der Waals surface area contributed by atoms with E-state index in [4.69, 9.17) is 25.2 Å². The van der Waals surface area contributed by atoms with Crippen LogP contribution in [0.5, 0.6) is 5.75 Å². The molecule has 110 valence electrons. The zero-order valence-electron chi connectivity index (χ0n) is 11.3. The van der Waals surface area contributed by atoms with E-state index >= 15 is 0 Å². The molecule has 3 N–H and O–H groups in total. The maximum atomic E-state index is 8.56. The summed E-state index contributed by atoms with van der Waals surface area (Å²) in [6.45, 7) is 2.62. The number of hydrogen-bond acceptors (Lipinski definition) is 5. The molecule has 0 radical (unpaired) electrons. The van der Waals surface area contributed by atoms with Crippen LogP contribution in [0.25, 0.3) is 0 Å². The van der Waals surface area contributed by atoms with Gasteiger partial charge in [-0.3, -0.25) is 0 Å². The first-order chi connectivity index (χ1) is 9.79. The van der Waals surface area contributed by atoms with Crippen molar-refractivity contribution in [3.05, 3.63) is 29.8 Å². The second-order valence-electron chi connectivity index (χ2n) is 4.54. The summed E-state index contributed by atoms with van der Waals surface area (Å²) in [5, 5.41) is 11.5. The minimum Gasteiger partial charge on any atom is -0.491 e. The van der Waals surface area contributed by atoms with Gasteiger partial charge in [-0.1, -0.05) is 5.16 Å². The van der Waals surface area contributed by atoms with Crippen LogP contribution in [0, 0.1) is 0 Å². The molecule has 1 fully saturated rings. The standard InChI is InChI=1S/C14H20N2O4/c15-14(16-17)11-1-3-12(4-2-11)19-9-10-20-13-5-7-18-8-6-13/h1-4,13,17H,5-10H2,(H2,15,16). The molecule has 1 aliphatic rings. The normalized spacial score (nSPS) is 17.1. The second kappa shape index (κ2) is 7.72. The first-order valence-corrected chi connectivity index (χ1v) is 6.69. The lowest BCUT2D eigenvalue weighted by Gasteiger charge is -2.22. The molecule has 0 aromatic heterocycles. The highest BCUT2D eigenvalue weighted by Gasteiger charge is 2.13. The third-order valence-electron chi connectivity index (χ3n) is 3.13. The first kappa shape index (κ1) is 14.6. The minimum absolute atomic E-state index is 0.0828. The first-order valence-electron chi connectivity index (χ1n) is 6.69. The summed E-state index contributed by atoms with van der Waals surface area (Å²) in [5.41, 5.74) is 6.13. The van der Waals surface area contributed by atoms with Gasteiger partial charge in [0.25, 0.3) is 0 Å². The number of rotatable bonds is 6. The predicted octanol–water partition coefficient (Wildman–Crippen LogP) is 1.36. The van der Waals surface area contributed by atoms with Gasteiger partial charge in [-0.2, -0.15) is 0 Å². The SMILES string of the molecule is N/C(=N/O)c1ccc(OCCOC2CCOCC2)cc1. The highest BCUT2D eigenvalue weighted by Crippen LogP contribution is 2.13. The van der Waals surface area contributed by atoms with Crippen LogP contribution in [0.1, 0.15) is 18.4 Å². The van der Waals surface area contributed by atoms with Crippen molar-refractivity contribution in [2.75, 3.05) is 26.4 Å². The summed E-state index contributed by atoms with van der Waals surface area (Å²) in [6.07, 6.45) is 2.19. The Hall–Kier alpha value is -1.79. The fourth-order valence-electron chi connectivity index (χ4n) is 2.00. The molecule has 1 saturated heterocycles. The number of nitrogens with zero attached hydrogens (tertiary/aromatic N) is 1. The molecule has 6 heteroatoms. The number of amidine groups is 1. The fourth-order valence-corrected chi connectivity index (χ4v) is 2.00. The van der Waals surface area contributed by atoms with Crippen molar-refractivity contribution in [3.8, 4) is 5.75 Å². The van der Waals surface area contributed by atoms with Gasteiger partial charge in [-0.25, -0.2) is 0 Å². The molecule has 1 aromatic carbocycles. The average Bonchev–Trinajstić information content (AvgIpc) is 2.52. The number of hydrogen-bond donors (Lipinski definition) is 2. The van der Waals surface area contributed by atoms with Crippen molar-refractivity contribution in [3.63, 3.8) is 0 Å². The topological polar surface area (TPSA) is 86.3 Å². The van der Waals surface area contributed by atoms with Gasteiger partial charge >= 0.3 is 0 Å². The molecular weight excluding hydrogens is 260 g/mol. The van der Waals surface area contributed by atoms with E-state index in [9.17, 15) is 0 Å². The third kappa shape index (κ3) is 4.40. The molecule has 20 heavy (non-hydrogen) atoms. The quantitative estimate of drug-likeness (QED) is 0.270. The lowest BCUT2D eigenvalue weighted by atomic mass is 10.2. The second-order valence-corrected chi connectivity index (χ2v) is 4.54. The minimum atomic E-state index is 0.0828. The zero-order valence-corrected chi connectivity index (χ0v) is 11.3. The summed E-state index contributed by atoms with van der Waals surface area (Å²) in [4.78, 5) is 0. The summed E-state index contributed by atoms with van der Waals surface area (Å²) in [7, 11) is 0. The van der Waals surface area contributed by atoms with Crippen LogP contribution in [0.3, 0.4) is 0 Å². The molecule has 6 nitrogen and oxygen atoms in total. The van der Waals surface area contributed by atoms with E-state index < -0.39 is 0 Å².